The van der Waals surface area contributed by atoms with Gasteiger partial charge >= 0.3 is 0 Å². The number of hydrogen-bond acceptors (Lipinski definition) is 2. The molecule has 1 aliphatic carbocycles. The molecule has 1 atom stereocenters. The number of hydrogen-bond donors (Lipinski definition) is 0. The van der Waals surface area contributed by atoms with Crippen LogP contribution < -0.4 is 0 Å². The average Bonchev–Trinajstić information content (AvgIpc) is 2.04. The summed E-state index contributed by atoms with van der Waals surface area (Å²) < 4.78 is 0. The van der Waals surface area contributed by atoms with Gasteiger partial charge in [-0.2, -0.15) is 0 Å². The molecule has 72 valence electrons. The molecule has 1 aliphatic rings. The van der Waals surface area contributed by atoms with Crippen molar-refractivity contribution in [3.63, 3.8) is 0 Å². The fourth-order valence-corrected chi connectivity index (χ4v) is 1.49. The number of rotatable bonds is 2. The fraction of sp³-hybridized carbons (Fsp3) is 0.600. The maximum Gasteiger partial charge on any atom is 0.249 e. The number of nitrogens with zero attached hydrogens (tertiary/aromatic N) is 1. The van der Waals surface area contributed by atoms with Gasteiger partial charge in [-0.15, -0.1) is 0 Å². The van der Waals surface area contributed by atoms with Crippen molar-refractivity contribution in [3.05, 3.63) is 33.5 Å². The van der Waals surface area contributed by atoms with Gasteiger partial charge in [0.25, 0.3) is 0 Å². The first-order valence-electron chi connectivity index (χ1n) is 4.54. The monoisotopic (exact) mass is 181 g/mol. The molecule has 3 nitrogen and oxygen atoms in total. The van der Waals surface area contributed by atoms with E-state index in [4.69, 9.17) is 0 Å². The smallest absolute Gasteiger partial charge is 0.249 e. The van der Waals surface area contributed by atoms with Crippen molar-refractivity contribution in [2.75, 3.05) is 0 Å². The summed E-state index contributed by atoms with van der Waals surface area (Å²) in [5, 5.41) is 10.6. The molecule has 1 unspecified atom stereocenters. The van der Waals surface area contributed by atoms with Gasteiger partial charge in [-0.25, -0.2) is 0 Å². The Morgan fingerprint density at radius 1 is 1.62 bits per heavy atom. The summed E-state index contributed by atoms with van der Waals surface area (Å²) in [4.78, 5) is 10.4. The highest BCUT2D eigenvalue weighted by Crippen LogP contribution is 2.28. The van der Waals surface area contributed by atoms with Crippen LogP contribution in [0.4, 0.5) is 0 Å². The van der Waals surface area contributed by atoms with E-state index in [1.165, 1.54) is 0 Å². The van der Waals surface area contributed by atoms with E-state index >= 15 is 0 Å². The molecule has 3 heteroatoms. The maximum absolute atomic E-state index is 10.6. The first-order chi connectivity index (χ1) is 6.02. The first kappa shape index (κ1) is 9.96. The van der Waals surface area contributed by atoms with Crippen molar-refractivity contribution in [3.8, 4) is 0 Å². The Bertz CT molecular complexity index is 277. The summed E-state index contributed by atoms with van der Waals surface area (Å²) in [6, 6.07) is 0. The molecule has 0 amide bonds. The second-order valence-corrected chi connectivity index (χ2v) is 3.86. The van der Waals surface area contributed by atoms with Gasteiger partial charge in [0.05, 0.1) is 4.92 Å². The van der Waals surface area contributed by atoms with Crippen LogP contribution in [-0.4, -0.2) is 4.92 Å². The normalized spacial score (nSPS) is 22.6. The van der Waals surface area contributed by atoms with Gasteiger partial charge in [-0.1, -0.05) is 26.0 Å². The summed E-state index contributed by atoms with van der Waals surface area (Å²) in [5.41, 5.74) is 1.17. The Labute approximate surface area is 78.3 Å². The SMILES string of the molecule is CC1=C([N+](=O)[O-])CC(C(C)C)C=C1. The van der Waals surface area contributed by atoms with Crippen LogP contribution in [0.3, 0.4) is 0 Å². The van der Waals surface area contributed by atoms with Crippen molar-refractivity contribution in [2.45, 2.75) is 27.2 Å². The molecule has 0 radical (unpaired) electrons. The molecule has 0 saturated carbocycles. The molecule has 0 aromatic rings. The molecule has 0 fully saturated rings. The summed E-state index contributed by atoms with van der Waals surface area (Å²) in [6.07, 6.45) is 4.52. The molecule has 0 heterocycles. The summed E-state index contributed by atoms with van der Waals surface area (Å²) in [5.74, 6) is 0.795. The summed E-state index contributed by atoms with van der Waals surface area (Å²) in [6.45, 7) is 5.98. The third kappa shape index (κ3) is 2.17. The van der Waals surface area contributed by atoms with Crippen LogP contribution in [0.5, 0.6) is 0 Å². The Kier molecular flexibility index (Phi) is 2.86. The Hall–Kier alpha value is -1.12. The van der Waals surface area contributed by atoms with E-state index in [0.29, 0.717) is 24.0 Å². The standard InChI is InChI=1S/C10H15NO2/c1-7(2)9-5-4-8(3)10(6-9)11(12)13/h4-5,7,9H,6H2,1-3H3. The zero-order chi connectivity index (χ0) is 10.0. The zero-order valence-corrected chi connectivity index (χ0v) is 8.28. The van der Waals surface area contributed by atoms with Crippen molar-refractivity contribution < 1.29 is 4.92 Å². The molecule has 0 bridgehead atoms. The second-order valence-electron chi connectivity index (χ2n) is 3.86. The van der Waals surface area contributed by atoms with E-state index in [1.54, 1.807) is 6.92 Å². The second kappa shape index (κ2) is 3.73. The number of nitro groups is 1. The lowest BCUT2D eigenvalue weighted by Crippen LogP contribution is -2.15. The van der Waals surface area contributed by atoms with Gasteiger partial charge in [0, 0.05) is 12.0 Å². The third-order valence-electron chi connectivity index (χ3n) is 2.55. The minimum atomic E-state index is -0.256. The minimum Gasteiger partial charge on any atom is -0.259 e. The van der Waals surface area contributed by atoms with E-state index in [0.717, 1.165) is 5.57 Å². The molecule has 0 aromatic heterocycles. The molecular formula is C10H15NO2. The topological polar surface area (TPSA) is 43.1 Å². The van der Waals surface area contributed by atoms with Crippen LogP contribution in [0.1, 0.15) is 27.2 Å². The summed E-state index contributed by atoms with van der Waals surface area (Å²) in [7, 11) is 0. The van der Waals surface area contributed by atoms with Crippen LogP contribution in [0.2, 0.25) is 0 Å². The van der Waals surface area contributed by atoms with Crippen molar-refractivity contribution >= 4 is 0 Å². The maximum atomic E-state index is 10.6. The van der Waals surface area contributed by atoms with E-state index < -0.39 is 0 Å². The van der Waals surface area contributed by atoms with Gasteiger partial charge in [0.1, 0.15) is 0 Å². The highest BCUT2D eigenvalue weighted by molar-refractivity contribution is 5.25. The van der Waals surface area contributed by atoms with E-state index in [2.05, 4.69) is 19.9 Å². The van der Waals surface area contributed by atoms with Crippen LogP contribution in [0.25, 0.3) is 0 Å². The van der Waals surface area contributed by atoms with Crippen LogP contribution >= 0.6 is 0 Å². The van der Waals surface area contributed by atoms with Gasteiger partial charge in [0.2, 0.25) is 5.70 Å². The largest absolute Gasteiger partial charge is 0.259 e. The predicted molar refractivity (Wildman–Crippen MR) is 51.8 cm³/mol. The van der Waals surface area contributed by atoms with E-state index in [1.807, 2.05) is 6.08 Å². The van der Waals surface area contributed by atoms with Gasteiger partial charge in [0.15, 0.2) is 0 Å². The molecule has 13 heavy (non-hydrogen) atoms. The molecule has 0 aromatic carbocycles. The zero-order valence-electron chi connectivity index (χ0n) is 8.28. The third-order valence-corrected chi connectivity index (χ3v) is 2.55. The fourth-order valence-electron chi connectivity index (χ4n) is 1.49. The van der Waals surface area contributed by atoms with Crippen molar-refractivity contribution in [2.24, 2.45) is 11.8 Å². The highest BCUT2D eigenvalue weighted by Gasteiger charge is 2.24. The van der Waals surface area contributed by atoms with Gasteiger partial charge < -0.3 is 0 Å². The lowest BCUT2D eigenvalue weighted by molar-refractivity contribution is -0.430. The first-order valence-corrected chi connectivity index (χ1v) is 4.54. The molecule has 0 N–H and O–H groups in total. The van der Waals surface area contributed by atoms with Crippen molar-refractivity contribution in [1.29, 1.82) is 0 Å². The quantitative estimate of drug-likeness (QED) is 0.485. The lowest BCUT2D eigenvalue weighted by atomic mass is 9.86. The Balaban J connectivity index is 2.84. The van der Waals surface area contributed by atoms with E-state index in [-0.39, 0.29) is 4.92 Å². The van der Waals surface area contributed by atoms with E-state index in [9.17, 15) is 10.1 Å². The molecule has 0 saturated heterocycles. The van der Waals surface area contributed by atoms with Crippen LogP contribution in [-0.2, 0) is 0 Å². The number of allylic oxidation sites excluding steroid dienone is 4. The molecule has 0 aliphatic heterocycles. The average molecular weight is 181 g/mol. The van der Waals surface area contributed by atoms with Crippen LogP contribution in [0.15, 0.2) is 23.4 Å². The minimum absolute atomic E-state index is 0.256. The van der Waals surface area contributed by atoms with Crippen molar-refractivity contribution in [1.82, 2.24) is 0 Å². The van der Waals surface area contributed by atoms with Crippen LogP contribution in [0, 0.1) is 22.0 Å². The Morgan fingerprint density at radius 3 is 2.69 bits per heavy atom. The van der Waals surface area contributed by atoms with Gasteiger partial charge in [-0.3, -0.25) is 10.1 Å². The Morgan fingerprint density at radius 2 is 2.23 bits per heavy atom. The summed E-state index contributed by atoms with van der Waals surface area (Å²) >= 11 is 0. The molecular weight excluding hydrogens is 166 g/mol. The highest BCUT2D eigenvalue weighted by atomic mass is 16.6. The predicted octanol–water partition coefficient (Wildman–Crippen LogP) is 2.77. The lowest BCUT2D eigenvalue weighted by Gasteiger charge is -2.19. The molecule has 0 spiro atoms. The molecule has 1 rings (SSSR count). The van der Waals surface area contributed by atoms with Gasteiger partial charge in [-0.05, 0) is 18.8 Å².